The molecule has 2 heterocycles. The Morgan fingerprint density at radius 2 is 2.13 bits per heavy atom. The lowest BCUT2D eigenvalue weighted by Crippen LogP contribution is -2.20. The van der Waals surface area contributed by atoms with E-state index in [0.717, 1.165) is 11.3 Å². The topological polar surface area (TPSA) is 77.6 Å². The molecular formula is C15H15FN6O. The Kier molecular flexibility index (Phi) is 4.13. The van der Waals surface area contributed by atoms with Crippen molar-refractivity contribution in [2.75, 3.05) is 5.32 Å². The quantitative estimate of drug-likeness (QED) is 0.776. The number of benzene rings is 1. The van der Waals surface area contributed by atoms with Crippen LogP contribution in [0.4, 0.5) is 10.3 Å². The lowest BCUT2D eigenvalue weighted by molar-refractivity contribution is -0.116. The molecule has 1 amide bonds. The van der Waals surface area contributed by atoms with Crippen LogP contribution in [0.2, 0.25) is 0 Å². The Labute approximate surface area is 131 Å². The monoisotopic (exact) mass is 314 g/mol. The van der Waals surface area contributed by atoms with E-state index in [9.17, 15) is 9.18 Å². The van der Waals surface area contributed by atoms with Gasteiger partial charge >= 0.3 is 0 Å². The molecule has 0 bridgehead atoms. The molecule has 0 aliphatic carbocycles. The number of rotatable bonds is 5. The third-order valence-electron chi connectivity index (χ3n) is 3.10. The summed E-state index contributed by atoms with van der Waals surface area (Å²) in [6.45, 7) is 2.31. The summed E-state index contributed by atoms with van der Waals surface area (Å²) in [4.78, 5) is 15.9. The van der Waals surface area contributed by atoms with E-state index in [-0.39, 0.29) is 24.2 Å². The molecule has 0 fully saturated rings. The van der Waals surface area contributed by atoms with E-state index < -0.39 is 0 Å². The molecule has 23 heavy (non-hydrogen) atoms. The van der Waals surface area contributed by atoms with Crippen LogP contribution in [0.15, 0.2) is 42.9 Å². The number of aromatic nitrogens is 5. The number of halogens is 1. The summed E-state index contributed by atoms with van der Waals surface area (Å²) in [5.74, 6) is -0.363. The van der Waals surface area contributed by atoms with Crippen molar-refractivity contribution in [3.63, 3.8) is 0 Å². The van der Waals surface area contributed by atoms with E-state index in [4.69, 9.17) is 0 Å². The fourth-order valence-corrected chi connectivity index (χ4v) is 2.11. The van der Waals surface area contributed by atoms with Gasteiger partial charge < -0.3 is 0 Å². The van der Waals surface area contributed by atoms with Crippen LogP contribution in [0.3, 0.4) is 0 Å². The molecule has 8 heteroatoms. The normalized spacial score (nSPS) is 10.7. The van der Waals surface area contributed by atoms with Crippen molar-refractivity contribution in [3.05, 3.63) is 59.9 Å². The number of hydrogen-bond donors (Lipinski definition) is 1. The SMILES string of the molecule is Cc1ccn(CC(=O)Nc2ncn(Cc3cccc(F)c3)n2)n1. The van der Waals surface area contributed by atoms with E-state index in [2.05, 4.69) is 20.5 Å². The summed E-state index contributed by atoms with van der Waals surface area (Å²) < 4.78 is 16.2. The number of nitrogens with zero attached hydrogens (tertiary/aromatic N) is 5. The Morgan fingerprint density at radius 3 is 2.87 bits per heavy atom. The Balaban J connectivity index is 1.59. The zero-order valence-corrected chi connectivity index (χ0v) is 12.5. The molecular weight excluding hydrogens is 299 g/mol. The highest BCUT2D eigenvalue weighted by Crippen LogP contribution is 2.06. The smallest absolute Gasteiger partial charge is 0.248 e. The van der Waals surface area contributed by atoms with Gasteiger partial charge in [0, 0.05) is 6.20 Å². The first-order valence-corrected chi connectivity index (χ1v) is 7.02. The molecule has 0 saturated carbocycles. The van der Waals surface area contributed by atoms with Gasteiger partial charge in [0.1, 0.15) is 18.7 Å². The van der Waals surface area contributed by atoms with E-state index in [1.807, 2.05) is 13.0 Å². The summed E-state index contributed by atoms with van der Waals surface area (Å²) in [5, 5.41) is 10.9. The third kappa shape index (κ3) is 4.00. The minimum atomic E-state index is -0.300. The van der Waals surface area contributed by atoms with Crippen molar-refractivity contribution in [1.29, 1.82) is 0 Å². The molecule has 7 nitrogen and oxygen atoms in total. The lowest BCUT2D eigenvalue weighted by atomic mass is 10.2. The largest absolute Gasteiger partial charge is 0.292 e. The predicted molar refractivity (Wildman–Crippen MR) is 81.1 cm³/mol. The molecule has 2 aromatic heterocycles. The van der Waals surface area contributed by atoms with E-state index >= 15 is 0 Å². The first kappa shape index (κ1) is 14.9. The maximum atomic E-state index is 13.1. The second kappa shape index (κ2) is 6.39. The second-order valence-electron chi connectivity index (χ2n) is 5.10. The Bertz CT molecular complexity index is 825. The first-order valence-electron chi connectivity index (χ1n) is 7.02. The van der Waals surface area contributed by atoms with Gasteiger partial charge in [0.05, 0.1) is 12.2 Å². The second-order valence-corrected chi connectivity index (χ2v) is 5.10. The van der Waals surface area contributed by atoms with Crippen LogP contribution < -0.4 is 5.32 Å². The number of amides is 1. The van der Waals surface area contributed by atoms with Crippen LogP contribution in [-0.4, -0.2) is 30.5 Å². The number of carbonyl (C=O) groups excluding carboxylic acids is 1. The zero-order chi connectivity index (χ0) is 16.2. The van der Waals surface area contributed by atoms with Crippen molar-refractivity contribution in [2.24, 2.45) is 0 Å². The summed E-state index contributed by atoms with van der Waals surface area (Å²) >= 11 is 0. The number of hydrogen-bond acceptors (Lipinski definition) is 4. The molecule has 3 rings (SSSR count). The number of anilines is 1. The summed E-state index contributed by atoms with van der Waals surface area (Å²) in [5.41, 5.74) is 1.61. The average Bonchev–Trinajstić information content (AvgIpc) is 3.08. The molecule has 0 spiro atoms. The molecule has 0 atom stereocenters. The third-order valence-corrected chi connectivity index (χ3v) is 3.10. The fourth-order valence-electron chi connectivity index (χ4n) is 2.11. The van der Waals surface area contributed by atoms with E-state index in [0.29, 0.717) is 6.54 Å². The van der Waals surface area contributed by atoms with E-state index in [1.54, 1.807) is 18.3 Å². The predicted octanol–water partition coefficient (Wildman–Crippen LogP) is 1.61. The van der Waals surface area contributed by atoms with Gasteiger partial charge in [-0.3, -0.25) is 14.8 Å². The summed E-state index contributed by atoms with van der Waals surface area (Å²) in [6, 6.07) is 8.06. The fraction of sp³-hybridized carbons (Fsp3) is 0.200. The highest BCUT2D eigenvalue weighted by atomic mass is 19.1. The van der Waals surface area contributed by atoms with Gasteiger partial charge in [-0.2, -0.15) is 5.10 Å². The van der Waals surface area contributed by atoms with Crippen molar-refractivity contribution in [3.8, 4) is 0 Å². The first-order chi connectivity index (χ1) is 11.1. The number of aryl methyl sites for hydroxylation is 1. The van der Waals surface area contributed by atoms with Gasteiger partial charge in [-0.1, -0.05) is 12.1 Å². The van der Waals surface area contributed by atoms with Crippen molar-refractivity contribution >= 4 is 11.9 Å². The van der Waals surface area contributed by atoms with E-state index in [1.165, 1.54) is 27.8 Å². The zero-order valence-electron chi connectivity index (χ0n) is 12.5. The minimum absolute atomic E-state index is 0.0896. The molecule has 0 aliphatic rings. The number of nitrogens with one attached hydrogen (secondary N) is 1. The van der Waals surface area contributed by atoms with Gasteiger partial charge in [0.15, 0.2) is 0 Å². The van der Waals surface area contributed by atoms with Gasteiger partial charge in [-0.05, 0) is 30.7 Å². The molecule has 0 radical (unpaired) electrons. The lowest BCUT2D eigenvalue weighted by Gasteiger charge is -2.02. The molecule has 0 aliphatic heterocycles. The molecule has 3 aromatic rings. The Hall–Kier alpha value is -3.03. The van der Waals surface area contributed by atoms with Crippen molar-refractivity contribution in [2.45, 2.75) is 20.0 Å². The van der Waals surface area contributed by atoms with Gasteiger partial charge in [0.2, 0.25) is 11.9 Å². The highest BCUT2D eigenvalue weighted by molar-refractivity contribution is 5.88. The molecule has 118 valence electrons. The van der Waals surface area contributed by atoms with Crippen LogP contribution in [-0.2, 0) is 17.9 Å². The maximum absolute atomic E-state index is 13.1. The van der Waals surface area contributed by atoms with Crippen molar-refractivity contribution in [1.82, 2.24) is 24.5 Å². The van der Waals surface area contributed by atoms with Crippen molar-refractivity contribution < 1.29 is 9.18 Å². The molecule has 0 unspecified atom stereocenters. The molecule has 1 N–H and O–H groups in total. The van der Waals surface area contributed by atoms with Crippen LogP contribution in [0.5, 0.6) is 0 Å². The van der Waals surface area contributed by atoms with Crippen LogP contribution >= 0.6 is 0 Å². The highest BCUT2D eigenvalue weighted by Gasteiger charge is 2.08. The Morgan fingerprint density at radius 1 is 1.26 bits per heavy atom. The van der Waals surface area contributed by atoms with Gasteiger partial charge in [-0.15, -0.1) is 5.10 Å². The van der Waals surface area contributed by atoms with Crippen LogP contribution in [0.25, 0.3) is 0 Å². The summed E-state index contributed by atoms with van der Waals surface area (Å²) in [6.07, 6.45) is 3.21. The number of carbonyl (C=O) groups is 1. The standard InChI is InChI=1S/C15H15FN6O/c1-11-5-6-21(19-11)9-14(23)18-15-17-10-22(20-15)8-12-3-2-4-13(16)7-12/h2-7,10H,8-9H2,1H3,(H,18,20,23). The minimum Gasteiger partial charge on any atom is -0.292 e. The van der Waals surface area contributed by atoms with Crippen LogP contribution in [0.1, 0.15) is 11.3 Å². The molecule has 1 aromatic carbocycles. The maximum Gasteiger partial charge on any atom is 0.248 e. The molecule has 0 saturated heterocycles. The van der Waals surface area contributed by atoms with Crippen LogP contribution in [0, 0.1) is 12.7 Å². The van der Waals surface area contributed by atoms with Gasteiger partial charge in [-0.25, -0.2) is 14.1 Å². The summed E-state index contributed by atoms with van der Waals surface area (Å²) in [7, 11) is 0. The average molecular weight is 314 g/mol. The van der Waals surface area contributed by atoms with Gasteiger partial charge in [0.25, 0.3) is 0 Å².